The minimum absolute atomic E-state index is 0.0730. The van der Waals surface area contributed by atoms with E-state index in [2.05, 4.69) is 22.5 Å². The lowest BCUT2D eigenvalue weighted by atomic mass is 9.85. The van der Waals surface area contributed by atoms with Crippen LogP contribution in [0.15, 0.2) is 5.38 Å². The van der Waals surface area contributed by atoms with Crippen molar-refractivity contribution in [1.29, 1.82) is 0 Å². The summed E-state index contributed by atoms with van der Waals surface area (Å²) in [5.41, 5.74) is 1.03. The molecule has 0 aromatic carbocycles. The summed E-state index contributed by atoms with van der Waals surface area (Å²) >= 11 is 1.45. The van der Waals surface area contributed by atoms with Gasteiger partial charge in [-0.15, -0.1) is 11.3 Å². The van der Waals surface area contributed by atoms with Crippen molar-refractivity contribution in [2.45, 2.75) is 51.5 Å². The lowest BCUT2D eigenvalue weighted by molar-refractivity contribution is 0.156. The van der Waals surface area contributed by atoms with Crippen LogP contribution in [0, 0.1) is 5.92 Å². The molecule has 3 N–H and O–H groups in total. The van der Waals surface area contributed by atoms with E-state index >= 15 is 0 Å². The summed E-state index contributed by atoms with van der Waals surface area (Å²) in [6.07, 6.45) is 6.17. The monoisotopic (exact) mass is 297 g/mol. The van der Waals surface area contributed by atoms with Crippen molar-refractivity contribution in [2.75, 3.05) is 11.9 Å². The number of amides is 2. The minimum atomic E-state index is -0.215. The van der Waals surface area contributed by atoms with Crippen LogP contribution in [-0.4, -0.2) is 28.8 Å². The molecule has 1 heterocycles. The van der Waals surface area contributed by atoms with E-state index < -0.39 is 0 Å². The van der Waals surface area contributed by atoms with Gasteiger partial charge in [-0.05, 0) is 19.3 Å². The second-order valence-corrected chi connectivity index (χ2v) is 6.18. The summed E-state index contributed by atoms with van der Waals surface area (Å²) in [5.74, 6) is 0.182. The van der Waals surface area contributed by atoms with Gasteiger partial charge < -0.3 is 10.4 Å². The number of aliphatic hydroxyl groups excluding tert-OH is 1. The van der Waals surface area contributed by atoms with Gasteiger partial charge in [0, 0.05) is 23.9 Å². The Kier molecular flexibility index (Phi) is 5.79. The quantitative estimate of drug-likeness (QED) is 0.782. The van der Waals surface area contributed by atoms with E-state index in [1.807, 2.05) is 5.38 Å². The van der Waals surface area contributed by atoms with E-state index in [4.69, 9.17) is 0 Å². The molecular weight excluding hydrogens is 274 g/mol. The predicted octanol–water partition coefficient (Wildman–Crippen LogP) is 2.77. The van der Waals surface area contributed by atoms with E-state index in [0.29, 0.717) is 5.13 Å². The number of carbonyl (C=O) groups excluding carboxylic acids is 1. The van der Waals surface area contributed by atoms with E-state index in [9.17, 15) is 9.90 Å². The van der Waals surface area contributed by atoms with Crippen molar-refractivity contribution in [3.63, 3.8) is 0 Å². The van der Waals surface area contributed by atoms with Crippen LogP contribution in [0.1, 0.15) is 44.7 Å². The van der Waals surface area contributed by atoms with Gasteiger partial charge in [-0.3, -0.25) is 5.32 Å². The van der Waals surface area contributed by atoms with Gasteiger partial charge in [0.1, 0.15) is 0 Å². The molecule has 2 amide bonds. The molecular formula is C14H23N3O2S. The molecule has 1 fully saturated rings. The fourth-order valence-corrected chi connectivity index (χ4v) is 3.39. The molecule has 112 valence electrons. The number of aliphatic hydroxyl groups is 1. The molecule has 0 saturated heterocycles. The number of aryl methyl sites for hydroxylation is 1. The number of aromatic nitrogens is 1. The van der Waals surface area contributed by atoms with Gasteiger partial charge in [-0.1, -0.05) is 26.2 Å². The highest BCUT2D eigenvalue weighted by molar-refractivity contribution is 7.13. The molecule has 2 atom stereocenters. The summed E-state index contributed by atoms with van der Waals surface area (Å²) in [4.78, 5) is 16.3. The third kappa shape index (κ3) is 4.18. The van der Waals surface area contributed by atoms with Gasteiger partial charge >= 0.3 is 6.03 Å². The Morgan fingerprint density at radius 2 is 2.30 bits per heavy atom. The number of thiazole rings is 1. The second-order valence-electron chi connectivity index (χ2n) is 5.33. The Morgan fingerprint density at radius 1 is 1.50 bits per heavy atom. The molecule has 0 spiro atoms. The third-order valence-electron chi connectivity index (χ3n) is 3.74. The first kappa shape index (κ1) is 15.3. The highest BCUT2D eigenvalue weighted by Gasteiger charge is 2.25. The molecule has 1 aliphatic carbocycles. The van der Waals surface area contributed by atoms with Gasteiger partial charge in [-0.2, -0.15) is 0 Å². The number of rotatable bonds is 5. The lowest BCUT2D eigenvalue weighted by Crippen LogP contribution is -2.45. The van der Waals surface area contributed by atoms with E-state index in [-0.39, 0.29) is 24.6 Å². The Bertz CT molecular complexity index is 436. The zero-order chi connectivity index (χ0) is 14.4. The molecule has 0 bridgehead atoms. The van der Waals surface area contributed by atoms with Gasteiger partial charge in [-0.25, -0.2) is 9.78 Å². The Balaban J connectivity index is 1.84. The highest BCUT2D eigenvalue weighted by atomic mass is 32.1. The molecule has 2 rings (SSSR count). The van der Waals surface area contributed by atoms with Gasteiger partial charge in [0.2, 0.25) is 0 Å². The number of urea groups is 1. The van der Waals surface area contributed by atoms with E-state index in [1.54, 1.807) is 0 Å². The molecule has 2 unspecified atom stereocenters. The molecule has 1 saturated carbocycles. The first-order chi connectivity index (χ1) is 9.72. The molecule has 1 aliphatic rings. The summed E-state index contributed by atoms with van der Waals surface area (Å²) in [5, 5.41) is 17.7. The summed E-state index contributed by atoms with van der Waals surface area (Å²) in [7, 11) is 0. The largest absolute Gasteiger partial charge is 0.396 e. The molecule has 0 radical (unpaired) electrons. The normalized spacial score (nSPS) is 22.5. The zero-order valence-corrected chi connectivity index (χ0v) is 12.7. The number of nitrogens with one attached hydrogen (secondary N) is 2. The third-order valence-corrected chi connectivity index (χ3v) is 4.54. The molecule has 1 aromatic rings. The Labute approximate surface area is 123 Å². The summed E-state index contributed by atoms with van der Waals surface area (Å²) < 4.78 is 0. The van der Waals surface area contributed by atoms with Gasteiger partial charge in [0.25, 0.3) is 0 Å². The summed E-state index contributed by atoms with van der Waals surface area (Å²) in [6.45, 7) is 2.25. The number of hydrogen-bond donors (Lipinski definition) is 3. The smallest absolute Gasteiger partial charge is 0.321 e. The maximum absolute atomic E-state index is 12.0. The number of nitrogens with zero attached hydrogens (tertiary/aromatic N) is 1. The first-order valence-corrected chi connectivity index (χ1v) is 8.23. The SMILES string of the molecule is CCCc1csc(NC(=O)NC2CCCCC2CO)n1. The van der Waals surface area contributed by atoms with Crippen molar-refractivity contribution in [1.82, 2.24) is 10.3 Å². The van der Waals surface area contributed by atoms with Crippen molar-refractivity contribution in [3.8, 4) is 0 Å². The fourth-order valence-electron chi connectivity index (χ4n) is 2.65. The standard InChI is InChI=1S/C14H23N3O2S/c1-2-5-11-9-20-14(15-11)17-13(19)16-12-7-4-3-6-10(12)8-18/h9-10,12,18H,2-8H2,1H3,(H2,15,16,17,19). The highest BCUT2D eigenvalue weighted by Crippen LogP contribution is 2.24. The van der Waals surface area contributed by atoms with E-state index in [0.717, 1.165) is 44.2 Å². The van der Waals surface area contributed by atoms with Crippen LogP contribution in [0.5, 0.6) is 0 Å². The topological polar surface area (TPSA) is 74.2 Å². The van der Waals surface area contributed by atoms with Gasteiger partial charge in [0.05, 0.1) is 5.69 Å². The molecule has 20 heavy (non-hydrogen) atoms. The number of anilines is 1. The number of hydrogen-bond acceptors (Lipinski definition) is 4. The Morgan fingerprint density at radius 3 is 3.05 bits per heavy atom. The fraction of sp³-hybridized carbons (Fsp3) is 0.714. The molecule has 0 aliphatic heterocycles. The Hall–Kier alpha value is -1.14. The average molecular weight is 297 g/mol. The van der Waals surface area contributed by atoms with Crippen LogP contribution in [-0.2, 0) is 6.42 Å². The number of carbonyl (C=O) groups is 1. The van der Waals surface area contributed by atoms with Crippen molar-refractivity contribution < 1.29 is 9.90 Å². The minimum Gasteiger partial charge on any atom is -0.396 e. The van der Waals surface area contributed by atoms with Gasteiger partial charge in [0.15, 0.2) is 5.13 Å². The maximum Gasteiger partial charge on any atom is 0.321 e. The van der Waals surface area contributed by atoms with Crippen LogP contribution in [0.2, 0.25) is 0 Å². The van der Waals surface area contributed by atoms with Crippen molar-refractivity contribution in [3.05, 3.63) is 11.1 Å². The first-order valence-electron chi connectivity index (χ1n) is 7.35. The average Bonchev–Trinajstić information content (AvgIpc) is 2.87. The van der Waals surface area contributed by atoms with Crippen LogP contribution >= 0.6 is 11.3 Å². The van der Waals surface area contributed by atoms with Crippen LogP contribution in [0.25, 0.3) is 0 Å². The van der Waals surface area contributed by atoms with Crippen LogP contribution < -0.4 is 10.6 Å². The maximum atomic E-state index is 12.0. The van der Waals surface area contributed by atoms with Crippen LogP contribution in [0.3, 0.4) is 0 Å². The zero-order valence-electron chi connectivity index (χ0n) is 11.9. The second kappa shape index (κ2) is 7.59. The molecule has 6 heteroatoms. The van der Waals surface area contributed by atoms with Crippen molar-refractivity contribution >= 4 is 22.5 Å². The van der Waals surface area contributed by atoms with E-state index in [1.165, 1.54) is 11.3 Å². The summed E-state index contributed by atoms with van der Waals surface area (Å²) in [6, 6.07) is -0.142. The predicted molar refractivity (Wildman–Crippen MR) is 81.1 cm³/mol. The lowest BCUT2D eigenvalue weighted by Gasteiger charge is -2.30. The molecule has 5 nitrogen and oxygen atoms in total. The van der Waals surface area contributed by atoms with Crippen molar-refractivity contribution in [2.24, 2.45) is 5.92 Å². The van der Waals surface area contributed by atoms with Crippen LogP contribution in [0.4, 0.5) is 9.93 Å². The molecule has 1 aromatic heterocycles.